The molecule has 1 aliphatic rings. The van der Waals surface area contributed by atoms with Crippen molar-refractivity contribution in [3.05, 3.63) is 0 Å². The predicted octanol–water partition coefficient (Wildman–Crippen LogP) is 0.469. The van der Waals surface area contributed by atoms with Gasteiger partial charge >= 0.3 is 5.97 Å². The summed E-state index contributed by atoms with van der Waals surface area (Å²) in [7, 11) is 1.35. The van der Waals surface area contributed by atoms with E-state index in [0.29, 0.717) is 19.6 Å². The first-order valence-electron chi connectivity index (χ1n) is 6.09. The predicted molar refractivity (Wildman–Crippen MR) is 63.0 cm³/mol. The van der Waals surface area contributed by atoms with Gasteiger partial charge in [-0.2, -0.15) is 0 Å². The Hall–Kier alpha value is -0.690. The Labute approximate surface area is 107 Å². The molecule has 106 valence electrons. The second-order valence-corrected chi connectivity index (χ2v) is 4.65. The van der Waals surface area contributed by atoms with E-state index in [9.17, 15) is 4.79 Å². The van der Waals surface area contributed by atoms with Gasteiger partial charge in [0.2, 0.25) is 0 Å². The van der Waals surface area contributed by atoms with Gasteiger partial charge in [0.1, 0.15) is 6.10 Å². The minimum absolute atomic E-state index is 0.161. The number of hydrogen-bond donors (Lipinski definition) is 1. The van der Waals surface area contributed by atoms with Crippen LogP contribution in [0.2, 0.25) is 0 Å². The van der Waals surface area contributed by atoms with Gasteiger partial charge in [0, 0.05) is 6.42 Å². The van der Waals surface area contributed by atoms with E-state index in [1.807, 2.05) is 0 Å². The molecule has 0 radical (unpaired) electrons. The highest BCUT2D eigenvalue weighted by molar-refractivity contribution is 5.69. The number of carbonyl (C=O) groups excluding carboxylic acids is 1. The fourth-order valence-electron chi connectivity index (χ4n) is 1.70. The topological polar surface area (TPSA) is 74.2 Å². The molecule has 0 aromatic carbocycles. The molecule has 0 spiro atoms. The summed E-state index contributed by atoms with van der Waals surface area (Å²) in [5.41, 5.74) is 0. The van der Waals surface area contributed by atoms with Crippen LogP contribution in [0.4, 0.5) is 0 Å². The Morgan fingerprint density at radius 2 is 2.33 bits per heavy atom. The van der Waals surface area contributed by atoms with E-state index in [-0.39, 0.29) is 25.1 Å². The SMILES string of the molecule is COC(=O)CCC1(C)OCC(COCC(C)O)O1. The number of hydrogen-bond acceptors (Lipinski definition) is 6. The van der Waals surface area contributed by atoms with Crippen LogP contribution in [0.1, 0.15) is 26.7 Å². The van der Waals surface area contributed by atoms with Gasteiger partial charge in [-0.15, -0.1) is 0 Å². The zero-order valence-electron chi connectivity index (χ0n) is 11.2. The molecule has 1 heterocycles. The number of rotatable bonds is 7. The summed E-state index contributed by atoms with van der Waals surface area (Å²) in [4.78, 5) is 11.1. The fraction of sp³-hybridized carbons (Fsp3) is 0.917. The van der Waals surface area contributed by atoms with E-state index in [1.165, 1.54) is 7.11 Å². The van der Waals surface area contributed by atoms with Crippen LogP contribution >= 0.6 is 0 Å². The molecule has 18 heavy (non-hydrogen) atoms. The molecule has 1 fully saturated rings. The molecular weight excluding hydrogens is 240 g/mol. The van der Waals surface area contributed by atoms with Gasteiger partial charge in [-0.05, 0) is 13.8 Å². The summed E-state index contributed by atoms with van der Waals surface area (Å²) in [5, 5.41) is 9.05. The molecule has 1 rings (SSSR count). The minimum atomic E-state index is -0.757. The maximum absolute atomic E-state index is 11.1. The van der Waals surface area contributed by atoms with E-state index in [4.69, 9.17) is 19.3 Å². The Balaban J connectivity index is 2.24. The van der Waals surface area contributed by atoms with Crippen molar-refractivity contribution in [1.82, 2.24) is 0 Å². The van der Waals surface area contributed by atoms with Crippen molar-refractivity contribution < 1.29 is 28.8 Å². The molecular formula is C12H22O6. The van der Waals surface area contributed by atoms with Gasteiger partial charge in [-0.3, -0.25) is 4.79 Å². The van der Waals surface area contributed by atoms with Crippen molar-refractivity contribution in [2.75, 3.05) is 26.9 Å². The van der Waals surface area contributed by atoms with E-state index in [1.54, 1.807) is 13.8 Å². The highest BCUT2D eigenvalue weighted by atomic mass is 16.7. The summed E-state index contributed by atoms with van der Waals surface area (Å²) in [6.45, 7) is 4.53. The molecule has 3 atom stereocenters. The van der Waals surface area contributed by atoms with E-state index >= 15 is 0 Å². The van der Waals surface area contributed by atoms with Crippen molar-refractivity contribution in [2.45, 2.75) is 44.7 Å². The van der Waals surface area contributed by atoms with Crippen LogP contribution in [-0.4, -0.2) is 56.0 Å². The quantitative estimate of drug-likeness (QED) is 0.672. The van der Waals surface area contributed by atoms with Gasteiger partial charge < -0.3 is 24.1 Å². The van der Waals surface area contributed by atoms with Gasteiger partial charge in [-0.25, -0.2) is 0 Å². The maximum Gasteiger partial charge on any atom is 0.305 e. The highest BCUT2D eigenvalue weighted by Gasteiger charge is 2.37. The second-order valence-electron chi connectivity index (χ2n) is 4.65. The Morgan fingerprint density at radius 1 is 1.61 bits per heavy atom. The summed E-state index contributed by atoms with van der Waals surface area (Å²) in [5.74, 6) is -1.04. The van der Waals surface area contributed by atoms with Gasteiger partial charge in [0.25, 0.3) is 0 Å². The van der Waals surface area contributed by atoms with Gasteiger partial charge in [-0.1, -0.05) is 0 Å². The standard InChI is InChI=1S/C12H22O6/c1-9(13)6-16-7-10-8-17-12(2,18-10)5-4-11(14)15-3/h9-10,13H,4-8H2,1-3H3. The highest BCUT2D eigenvalue weighted by Crippen LogP contribution is 2.28. The third-order valence-corrected chi connectivity index (χ3v) is 2.66. The van der Waals surface area contributed by atoms with Gasteiger partial charge in [0.15, 0.2) is 5.79 Å². The third kappa shape index (κ3) is 5.30. The number of aliphatic hydroxyl groups excluding tert-OH is 1. The third-order valence-electron chi connectivity index (χ3n) is 2.66. The molecule has 0 aromatic rings. The van der Waals surface area contributed by atoms with Gasteiger partial charge in [0.05, 0.1) is 39.5 Å². The van der Waals surface area contributed by atoms with Crippen LogP contribution in [0.3, 0.4) is 0 Å². The lowest BCUT2D eigenvalue weighted by atomic mass is 10.2. The monoisotopic (exact) mass is 262 g/mol. The second kappa shape index (κ2) is 7.04. The van der Waals surface area contributed by atoms with Crippen molar-refractivity contribution >= 4 is 5.97 Å². The normalized spacial score (nSPS) is 29.2. The molecule has 1 N–H and O–H groups in total. The van der Waals surface area contributed by atoms with Crippen LogP contribution in [0, 0.1) is 0 Å². The Bertz CT molecular complexity index is 267. The molecule has 6 heteroatoms. The largest absolute Gasteiger partial charge is 0.469 e. The maximum atomic E-state index is 11.1. The van der Waals surface area contributed by atoms with Crippen molar-refractivity contribution in [3.8, 4) is 0 Å². The first-order valence-corrected chi connectivity index (χ1v) is 6.09. The Morgan fingerprint density at radius 3 is 2.94 bits per heavy atom. The van der Waals surface area contributed by atoms with Crippen molar-refractivity contribution in [2.24, 2.45) is 0 Å². The number of carbonyl (C=O) groups is 1. The van der Waals surface area contributed by atoms with E-state index in [0.717, 1.165) is 0 Å². The number of methoxy groups -OCH3 is 1. The number of ether oxygens (including phenoxy) is 4. The summed E-state index contributed by atoms with van der Waals surface area (Å²) in [6.07, 6.45) is 0.0605. The van der Waals surface area contributed by atoms with Crippen LogP contribution in [0.25, 0.3) is 0 Å². The van der Waals surface area contributed by atoms with Crippen LogP contribution in [0.15, 0.2) is 0 Å². The first kappa shape index (κ1) is 15.4. The lowest BCUT2D eigenvalue weighted by Gasteiger charge is -2.22. The molecule has 0 amide bonds. The van der Waals surface area contributed by atoms with Crippen molar-refractivity contribution in [3.63, 3.8) is 0 Å². The lowest BCUT2D eigenvalue weighted by Crippen LogP contribution is -2.29. The molecule has 3 unspecified atom stereocenters. The molecule has 6 nitrogen and oxygen atoms in total. The molecule has 0 aliphatic carbocycles. The molecule has 0 aromatic heterocycles. The average molecular weight is 262 g/mol. The van der Waals surface area contributed by atoms with Crippen LogP contribution in [0.5, 0.6) is 0 Å². The van der Waals surface area contributed by atoms with Crippen LogP contribution in [-0.2, 0) is 23.7 Å². The smallest absolute Gasteiger partial charge is 0.305 e. The zero-order valence-corrected chi connectivity index (χ0v) is 11.2. The van der Waals surface area contributed by atoms with Crippen molar-refractivity contribution in [1.29, 1.82) is 0 Å². The van der Waals surface area contributed by atoms with E-state index < -0.39 is 11.9 Å². The number of esters is 1. The van der Waals surface area contributed by atoms with Crippen LogP contribution < -0.4 is 0 Å². The Kier molecular flexibility index (Phi) is 6.01. The number of aliphatic hydroxyl groups is 1. The average Bonchev–Trinajstić information content (AvgIpc) is 2.68. The first-order chi connectivity index (χ1) is 8.45. The minimum Gasteiger partial charge on any atom is -0.469 e. The molecule has 0 saturated carbocycles. The van der Waals surface area contributed by atoms with E-state index in [2.05, 4.69) is 4.74 Å². The fourth-order valence-corrected chi connectivity index (χ4v) is 1.70. The lowest BCUT2D eigenvalue weighted by molar-refractivity contribution is -0.171. The molecule has 1 saturated heterocycles. The molecule has 1 aliphatic heterocycles. The summed E-state index contributed by atoms with van der Waals surface area (Å²) < 4.78 is 21.1. The summed E-state index contributed by atoms with van der Waals surface area (Å²) >= 11 is 0. The zero-order chi connectivity index (χ0) is 13.6. The molecule has 0 bridgehead atoms. The summed E-state index contributed by atoms with van der Waals surface area (Å²) in [6, 6.07) is 0.